The van der Waals surface area contributed by atoms with Crippen LogP contribution < -0.4 is 10.5 Å². The lowest BCUT2D eigenvalue weighted by Gasteiger charge is -1.98. The van der Waals surface area contributed by atoms with Crippen molar-refractivity contribution in [2.75, 3.05) is 13.2 Å². The summed E-state index contributed by atoms with van der Waals surface area (Å²) in [6.07, 6.45) is -0.0210. The van der Waals surface area contributed by atoms with Gasteiger partial charge in [-0.3, -0.25) is 0 Å². The Bertz CT molecular complexity index is 547. The maximum Gasteiger partial charge on any atom is 0.516 e. The molecule has 5 nitrogen and oxygen atoms in total. The van der Waals surface area contributed by atoms with Crippen LogP contribution in [-0.2, 0) is 11.2 Å². The summed E-state index contributed by atoms with van der Waals surface area (Å²) in [5.74, 6) is 0.132. The molecule has 18 heavy (non-hydrogen) atoms. The molecule has 96 valence electrons. The highest BCUT2D eigenvalue weighted by atomic mass is 16.8. The molecule has 0 radical (unpaired) electrons. The summed E-state index contributed by atoms with van der Waals surface area (Å²) in [5, 5.41) is 0.905. The fourth-order valence-corrected chi connectivity index (χ4v) is 1.75. The normalized spacial score (nSPS) is 10.6. The van der Waals surface area contributed by atoms with Gasteiger partial charge in [-0.2, -0.15) is 0 Å². The van der Waals surface area contributed by atoms with Gasteiger partial charge in [-0.05, 0) is 31.5 Å². The Hall–Kier alpha value is -2.01. The van der Waals surface area contributed by atoms with Gasteiger partial charge in [0.1, 0.15) is 5.58 Å². The van der Waals surface area contributed by atoms with Crippen molar-refractivity contribution in [2.45, 2.75) is 13.3 Å². The van der Waals surface area contributed by atoms with E-state index < -0.39 is 6.16 Å². The molecule has 1 aromatic carbocycles. The standard InChI is InChI=1S/C13H15NO4/c1-2-16-13(15)18-12-8-10-9(6-7-14)4-3-5-11(10)17-12/h3-5,8H,2,6-7,14H2,1H3. The van der Waals surface area contributed by atoms with Crippen LogP contribution in [0.1, 0.15) is 12.5 Å². The molecule has 2 aromatic rings. The molecule has 2 N–H and O–H groups in total. The van der Waals surface area contributed by atoms with Crippen molar-refractivity contribution in [2.24, 2.45) is 5.73 Å². The largest absolute Gasteiger partial charge is 0.516 e. The van der Waals surface area contributed by atoms with Crippen LogP contribution >= 0.6 is 0 Å². The predicted octanol–water partition coefficient (Wildman–Crippen LogP) is 2.47. The summed E-state index contributed by atoms with van der Waals surface area (Å²) in [7, 11) is 0. The Labute approximate surface area is 104 Å². The van der Waals surface area contributed by atoms with Gasteiger partial charge in [-0.25, -0.2) is 4.79 Å². The molecule has 0 aliphatic rings. The number of ether oxygens (including phenoxy) is 2. The Morgan fingerprint density at radius 1 is 1.44 bits per heavy atom. The minimum atomic E-state index is -0.767. The lowest BCUT2D eigenvalue weighted by Crippen LogP contribution is -2.09. The fourth-order valence-electron chi connectivity index (χ4n) is 1.75. The van der Waals surface area contributed by atoms with E-state index in [1.54, 1.807) is 13.0 Å². The minimum Gasteiger partial charge on any atom is -0.434 e. The molecule has 0 amide bonds. The van der Waals surface area contributed by atoms with Crippen molar-refractivity contribution in [3.05, 3.63) is 29.8 Å². The van der Waals surface area contributed by atoms with Crippen molar-refractivity contribution >= 4 is 17.1 Å². The molecule has 0 saturated heterocycles. The third-order valence-corrected chi connectivity index (χ3v) is 2.49. The second-order valence-electron chi connectivity index (χ2n) is 3.72. The molecule has 0 spiro atoms. The lowest BCUT2D eigenvalue weighted by atomic mass is 10.1. The summed E-state index contributed by atoms with van der Waals surface area (Å²) >= 11 is 0. The predicted molar refractivity (Wildman–Crippen MR) is 66.6 cm³/mol. The van der Waals surface area contributed by atoms with Gasteiger partial charge in [-0.15, -0.1) is 0 Å². The van der Waals surface area contributed by atoms with E-state index in [1.807, 2.05) is 18.2 Å². The maximum absolute atomic E-state index is 11.2. The molecule has 0 saturated carbocycles. The van der Waals surface area contributed by atoms with Crippen molar-refractivity contribution in [3.8, 4) is 5.95 Å². The van der Waals surface area contributed by atoms with Crippen molar-refractivity contribution < 1.29 is 18.7 Å². The van der Waals surface area contributed by atoms with Crippen LogP contribution in [0.3, 0.4) is 0 Å². The molecule has 0 bridgehead atoms. The SMILES string of the molecule is CCOC(=O)Oc1cc2c(CCN)cccc2o1. The second kappa shape index (κ2) is 5.55. The third kappa shape index (κ3) is 2.62. The summed E-state index contributed by atoms with van der Waals surface area (Å²) in [6, 6.07) is 7.34. The van der Waals surface area contributed by atoms with Gasteiger partial charge < -0.3 is 19.6 Å². The molecule has 0 fully saturated rings. The number of nitrogens with two attached hydrogens (primary N) is 1. The van der Waals surface area contributed by atoms with E-state index in [-0.39, 0.29) is 12.6 Å². The molecule has 0 aliphatic heterocycles. The molecule has 2 rings (SSSR count). The van der Waals surface area contributed by atoms with Gasteiger partial charge >= 0.3 is 6.16 Å². The topological polar surface area (TPSA) is 74.7 Å². The summed E-state index contributed by atoms with van der Waals surface area (Å²) in [4.78, 5) is 11.2. The molecular weight excluding hydrogens is 234 g/mol. The first-order valence-electron chi connectivity index (χ1n) is 5.80. The number of benzene rings is 1. The number of carbonyl (C=O) groups excluding carboxylic acids is 1. The van der Waals surface area contributed by atoms with E-state index in [1.165, 1.54) is 0 Å². The van der Waals surface area contributed by atoms with Crippen LogP contribution in [0, 0.1) is 0 Å². The zero-order valence-electron chi connectivity index (χ0n) is 10.1. The highest BCUT2D eigenvalue weighted by Gasteiger charge is 2.12. The van der Waals surface area contributed by atoms with E-state index in [9.17, 15) is 4.79 Å². The smallest absolute Gasteiger partial charge is 0.434 e. The first-order valence-corrected chi connectivity index (χ1v) is 5.80. The minimum absolute atomic E-state index is 0.132. The Balaban J connectivity index is 2.26. The van der Waals surface area contributed by atoms with Crippen LogP contribution in [0.4, 0.5) is 4.79 Å². The molecule has 0 unspecified atom stereocenters. The monoisotopic (exact) mass is 249 g/mol. The van der Waals surface area contributed by atoms with E-state index >= 15 is 0 Å². The van der Waals surface area contributed by atoms with Crippen LogP contribution in [-0.4, -0.2) is 19.3 Å². The molecule has 0 aliphatic carbocycles. The molecular formula is C13H15NO4. The highest BCUT2D eigenvalue weighted by Crippen LogP contribution is 2.28. The molecule has 1 heterocycles. The van der Waals surface area contributed by atoms with Gasteiger partial charge in [0.05, 0.1) is 6.61 Å². The number of furan rings is 1. The van der Waals surface area contributed by atoms with Crippen LogP contribution in [0.15, 0.2) is 28.7 Å². The van der Waals surface area contributed by atoms with E-state index in [0.717, 1.165) is 17.4 Å². The average molecular weight is 249 g/mol. The van der Waals surface area contributed by atoms with Gasteiger partial charge in [0, 0.05) is 11.5 Å². The summed E-state index contributed by atoms with van der Waals surface area (Å²) < 4.78 is 15.0. The average Bonchev–Trinajstić information content (AvgIpc) is 2.73. The van der Waals surface area contributed by atoms with Gasteiger partial charge in [0.25, 0.3) is 5.95 Å². The number of hydrogen-bond donors (Lipinski definition) is 1. The Morgan fingerprint density at radius 3 is 3.00 bits per heavy atom. The van der Waals surface area contributed by atoms with Gasteiger partial charge in [-0.1, -0.05) is 12.1 Å². The van der Waals surface area contributed by atoms with Crippen LogP contribution in [0.2, 0.25) is 0 Å². The summed E-state index contributed by atoms with van der Waals surface area (Å²) in [6.45, 7) is 2.52. The lowest BCUT2D eigenvalue weighted by molar-refractivity contribution is 0.0957. The van der Waals surface area contributed by atoms with Gasteiger partial charge in [0.15, 0.2) is 0 Å². The third-order valence-electron chi connectivity index (χ3n) is 2.49. The highest BCUT2D eigenvalue weighted by molar-refractivity contribution is 5.83. The van der Waals surface area contributed by atoms with Gasteiger partial charge in [0.2, 0.25) is 0 Å². The number of fused-ring (bicyclic) bond motifs is 1. The van der Waals surface area contributed by atoms with Crippen molar-refractivity contribution in [1.82, 2.24) is 0 Å². The van der Waals surface area contributed by atoms with E-state index in [2.05, 4.69) is 4.74 Å². The Kier molecular flexibility index (Phi) is 3.84. The van der Waals surface area contributed by atoms with Crippen molar-refractivity contribution in [1.29, 1.82) is 0 Å². The zero-order valence-corrected chi connectivity index (χ0v) is 10.1. The Morgan fingerprint density at radius 2 is 2.28 bits per heavy atom. The van der Waals surface area contributed by atoms with Crippen molar-refractivity contribution in [3.63, 3.8) is 0 Å². The second-order valence-corrected chi connectivity index (χ2v) is 3.72. The zero-order chi connectivity index (χ0) is 13.0. The number of carbonyl (C=O) groups is 1. The van der Waals surface area contributed by atoms with E-state index in [4.69, 9.17) is 14.9 Å². The quantitative estimate of drug-likeness (QED) is 0.842. The number of hydrogen-bond acceptors (Lipinski definition) is 5. The maximum atomic E-state index is 11.2. The van der Waals surface area contributed by atoms with Crippen LogP contribution in [0.25, 0.3) is 11.0 Å². The molecule has 0 atom stereocenters. The molecule has 5 heteroatoms. The molecule has 1 aromatic heterocycles. The van der Waals surface area contributed by atoms with Crippen LogP contribution in [0.5, 0.6) is 5.95 Å². The van der Waals surface area contributed by atoms with E-state index in [0.29, 0.717) is 12.1 Å². The summed E-state index contributed by atoms with van der Waals surface area (Å²) in [5.41, 5.74) is 7.28. The first-order chi connectivity index (χ1) is 8.74. The number of rotatable bonds is 4. The fraction of sp³-hybridized carbons (Fsp3) is 0.308. The first kappa shape index (κ1) is 12.4.